The summed E-state index contributed by atoms with van der Waals surface area (Å²) >= 11 is 5.87. The highest BCUT2D eigenvalue weighted by Gasteiger charge is 2.43. The number of anilines is 1. The number of carbonyl (C=O) groups is 4. The maximum Gasteiger partial charge on any atom is 0.267 e. The molecular formula is C16H10N2O6S2-2. The predicted octanol–water partition coefficient (Wildman–Crippen LogP) is -1.51. The Bertz CT molecular complexity index is 910. The smallest absolute Gasteiger partial charge is 0.267 e. The molecule has 0 unspecified atom stereocenters. The molecule has 26 heavy (non-hydrogen) atoms. The van der Waals surface area contributed by atoms with E-state index < -0.39 is 36.3 Å². The van der Waals surface area contributed by atoms with Crippen molar-refractivity contribution in [3.63, 3.8) is 0 Å². The number of carboxylic acid groups (broad SMARTS) is 2. The SMILES string of the molecule is C[C@H](C(=O)[O-])N1C(=O)/C(=C2\C(=O)N(CC(=O)[O-])c3ccccc32)SC1=S. The van der Waals surface area contributed by atoms with Crippen molar-refractivity contribution in [3.8, 4) is 0 Å². The first-order valence-electron chi connectivity index (χ1n) is 7.35. The lowest BCUT2D eigenvalue weighted by molar-refractivity contribution is -0.309. The van der Waals surface area contributed by atoms with Crippen molar-refractivity contribution in [2.45, 2.75) is 13.0 Å². The lowest BCUT2D eigenvalue weighted by atomic mass is 10.1. The third-order valence-electron chi connectivity index (χ3n) is 3.96. The van der Waals surface area contributed by atoms with Crippen LogP contribution in [-0.4, -0.2) is 45.6 Å². The second-order valence-corrected chi connectivity index (χ2v) is 7.17. The number of carbonyl (C=O) groups excluding carboxylic acids is 4. The Morgan fingerprint density at radius 3 is 2.46 bits per heavy atom. The van der Waals surface area contributed by atoms with Crippen LogP contribution in [0.15, 0.2) is 29.2 Å². The molecule has 0 aromatic heterocycles. The molecule has 0 bridgehead atoms. The van der Waals surface area contributed by atoms with Crippen molar-refractivity contribution < 1.29 is 29.4 Å². The molecule has 3 rings (SSSR count). The number of fused-ring (bicyclic) bond motifs is 1. The van der Waals surface area contributed by atoms with Crippen molar-refractivity contribution >= 4 is 63.3 Å². The number of hydrogen-bond donors (Lipinski definition) is 0. The molecule has 2 amide bonds. The minimum absolute atomic E-state index is 0.00718. The second kappa shape index (κ2) is 6.54. The van der Waals surface area contributed by atoms with Crippen molar-refractivity contribution in [1.29, 1.82) is 0 Å². The van der Waals surface area contributed by atoms with E-state index in [-0.39, 0.29) is 14.8 Å². The number of aliphatic carboxylic acids is 2. The van der Waals surface area contributed by atoms with Crippen molar-refractivity contribution in [3.05, 3.63) is 34.7 Å². The van der Waals surface area contributed by atoms with E-state index in [1.807, 2.05) is 0 Å². The van der Waals surface area contributed by atoms with Gasteiger partial charge in [0.15, 0.2) is 0 Å². The van der Waals surface area contributed by atoms with E-state index in [4.69, 9.17) is 12.2 Å². The molecule has 1 saturated heterocycles. The monoisotopic (exact) mass is 390 g/mol. The van der Waals surface area contributed by atoms with Gasteiger partial charge < -0.3 is 24.7 Å². The zero-order chi connectivity index (χ0) is 19.2. The Morgan fingerprint density at radius 1 is 1.19 bits per heavy atom. The van der Waals surface area contributed by atoms with Crippen molar-refractivity contribution in [2.24, 2.45) is 0 Å². The largest absolute Gasteiger partial charge is 0.548 e. The number of carboxylic acids is 2. The Morgan fingerprint density at radius 2 is 1.85 bits per heavy atom. The third-order valence-corrected chi connectivity index (χ3v) is 5.37. The molecule has 0 spiro atoms. The summed E-state index contributed by atoms with van der Waals surface area (Å²) in [6.07, 6.45) is 0. The van der Waals surface area contributed by atoms with Gasteiger partial charge in [-0.25, -0.2) is 0 Å². The first-order valence-corrected chi connectivity index (χ1v) is 8.58. The summed E-state index contributed by atoms with van der Waals surface area (Å²) in [6.45, 7) is 0.579. The minimum Gasteiger partial charge on any atom is -0.548 e. The average Bonchev–Trinajstić information content (AvgIpc) is 3.01. The van der Waals surface area contributed by atoms with E-state index >= 15 is 0 Å². The van der Waals surface area contributed by atoms with E-state index in [0.717, 1.165) is 21.6 Å². The summed E-state index contributed by atoms with van der Waals surface area (Å²) in [4.78, 5) is 49.4. The maximum absolute atomic E-state index is 12.8. The first-order chi connectivity index (χ1) is 12.2. The van der Waals surface area contributed by atoms with Crippen LogP contribution in [0.1, 0.15) is 12.5 Å². The zero-order valence-corrected chi connectivity index (χ0v) is 14.9. The molecular weight excluding hydrogens is 380 g/mol. The van der Waals surface area contributed by atoms with Gasteiger partial charge in [0.1, 0.15) is 4.32 Å². The molecule has 0 N–H and O–H groups in total. The van der Waals surface area contributed by atoms with E-state index in [9.17, 15) is 29.4 Å². The van der Waals surface area contributed by atoms with Gasteiger partial charge in [0, 0.05) is 5.56 Å². The highest BCUT2D eigenvalue weighted by molar-refractivity contribution is 8.26. The molecule has 2 heterocycles. The molecule has 2 aliphatic rings. The molecule has 2 aliphatic heterocycles. The highest BCUT2D eigenvalue weighted by atomic mass is 32.2. The quantitative estimate of drug-likeness (QED) is 0.450. The number of thiocarbonyl (C=S) groups is 1. The van der Waals surface area contributed by atoms with Gasteiger partial charge in [-0.15, -0.1) is 0 Å². The number of hydrogen-bond acceptors (Lipinski definition) is 8. The number of nitrogens with zero attached hydrogens (tertiary/aromatic N) is 2. The number of thioether (sulfide) groups is 1. The molecule has 8 nitrogen and oxygen atoms in total. The van der Waals surface area contributed by atoms with E-state index in [1.165, 1.54) is 6.92 Å². The Balaban J connectivity index is 2.12. The Hall–Kier alpha value is -2.72. The molecule has 134 valence electrons. The fraction of sp³-hybridized carbons (Fsp3) is 0.188. The van der Waals surface area contributed by atoms with Crippen LogP contribution in [0, 0.1) is 0 Å². The van der Waals surface area contributed by atoms with Crippen molar-refractivity contribution in [2.75, 3.05) is 11.4 Å². The Labute approximate surface area is 157 Å². The van der Waals surface area contributed by atoms with Crippen LogP contribution >= 0.6 is 24.0 Å². The first kappa shape index (κ1) is 18.1. The summed E-state index contributed by atoms with van der Waals surface area (Å²) in [5.74, 6) is -4.35. The number of amides is 2. The minimum atomic E-state index is -1.48. The van der Waals surface area contributed by atoms with Crippen LogP contribution in [0.4, 0.5) is 5.69 Å². The van der Waals surface area contributed by atoms with Crippen molar-refractivity contribution in [1.82, 2.24) is 4.90 Å². The van der Waals surface area contributed by atoms with Crippen LogP contribution in [0.5, 0.6) is 0 Å². The van der Waals surface area contributed by atoms with E-state index in [1.54, 1.807) is 24.3 Å². The lowest BCUT2D eigenvalue weighted by Crippen LogP contribution is -2.48. The summed E-state index contributed by atoms with van der Waals surface area (Å²) < 4.78 is -0.0159. The number of benzene rings is 1. The standard InChI is InChI=1S/C16H12N2O6S2/c1-7(15(23)24)18-14(22)12(26-16(18)25)11-8-4-2-3-5-9(8)17(13(11)21)6-10(19)20/h2-5,7H,6H2,1H3,(H,19,20)(H,23,24)/p-2/b12-11+/t7-/m1/s1. The second-order valence-electron chi connectivity index (χ2n) is 5.52. The summed E-state index contributed by atoms with van der Waals surface area (Å²) in [7, 11) is 0. The van der Waals surface area contributed by atoms with Gasteiger partial charge in [0.05, 0.1) is 40.7 Å². The third kappa shape index (κ3) is 2.76. The normalized spacial score (nSPS) is 20.6. The lowest BCUT2D eigenvalue weighted by Gasteiger charge is -2.23. The fourth-order valence-electron chi connectivity index (χ4n) is 2.76. The molecule has 1 aromatic carbocycles. The van der Waals surface area contributed by atoms with Crippen LogP contribution in [0.25, 0.3) is 5.57 Å². The molecule has 0 aliphatic carbocycles. The van der Waals surface area contributed by atoms with Gasteiger partial charge in [0.25, 0.3) is 11.8 Å². The Kier molecular flexibility index (Phi) is 4.55. The summed E-state index contributed by atoms with van der Waals surface area (Å²) in [5.41, 5.74) is 0.697. The zero-order valence-electron chi connectivity index (χ0n) is 13.3. The number of para-hydroxylation sites is 1. The van der Waals surface area contributed by atoms with E-state index in [0.29, 0.717) is 11.3 Å². The highest BCUT2D eigenvalue weighted by Crippen LogP contribution is 2.44. The molecule has 1 fully saturated rings. The fourth-order valence-corrected chi connectivity index (χ4v) is 4.25. The van der Waals surface area contributed by atoms with Gasteiger partial charge in [-0.2, -0.15) is 0 Å². The summed E-state index contributed by atoms with van der Waals surface area (Å²) in [5, 5.41) is 22.1. The van der Waals surface area contributed by atoms with E-state index in [2.05, 4.69) is 0 Å². The topological polar surface area (TPSA) is 121 Å². The average molecular weight is 390 g/mol. The van der Waals surface area contributed by atoms with Gasteiger partial charge in [0.2, 0.25) is 0 Å². The van der Waals surface area contributed by atoms with Gasteiger partial charge in [-0.3, -0.25) is 14.5 Å². The molecule has 1 aromatic rings. The van der Waals surface area contributed by atoms with Crippen LogP contribution < -0.4 is 15.1 Å². The van der Waals surface area contributed by atoms with Gasteiger partial charge >= 0.3 is 0 Å². The van der Waals surface area contributed by atoms with Crippen LogP contribution in [0.3, 0.4) is 0 Å². The van der Waals surface area contributed by atoms with Crippen LogP contribution in [0.2, 0.25) is 0 Å². The van der Waals surface area contributed by atoms with Gasteiger partial charge in [-0.1, -0.05) is 42.2 Å². The summed E-state index contributed by atoms with van der Waals surface area (Å²) in [6, 6.07) is 5.09. The van der Waals surface area contributed by atoms with Crippen LogP contribution in [-0.2, 0) is 19.2 Å². The molecule has 0 saturated carbocycles. The molecule has 1 atom stereocenters. The maximum atomic E-state index is 12.8. The van der Waals surface area contributed by atoms with Gasteiger partial charge in [-0.05, 0) is 13.0 Å². The molecule has 0 radical (unpaired) electrons. The predicted molar refractivity (Wildman–Crippen MR) is 92.2 cm³/mol. The number of rotatable bonds is 4. The molecule has 10 heteroatoms.